The molecule has 0 fully saturated rings. The average Bonchev–Trinajstić information content (AvgIpc) is 2.95. The number of carboxylic acids is 1. The van der Waals surface area contributed by atoms with Gasteiger partial charge in [-0.1, -0.05) is 12.1 Å². The monoisotopic (exact) mass is 396 g/mol. The predicted octanol–water partition coefficient (Wildman–Crippen LogP) is 3.32. The van der Waals surface area contributed by atoms with Crippen LogP contribution in [0.4, 0.5) is 11.4 Å². The number of rotatable bonds is 5. The van der Waals surface area contributed by atoms with Crippen molar-refractivity contribution in [2.75, 3.05) is 16.2 Å². The number of amides is 1. The maximum atomic E-state index is 13.0. The number of carbonyl (C=O) groups excluding carboxylic acids is 1. The summed E-state index contributed by atoms with van der Waals surface area (Å²) in [5.41, 5.74) is 1.49. The molecule has 0 aliphatic carbocycles. The zero-order valence-corrected chi connectivity index (χ0v) is 15.7. The van der Waals surface area contributed by atoms with Gasteiger partial charge in [0.1, 0.15) is 0 Å². The second kappa shape index (κ2) is 6.35. The molecule has 1 aliphatic heterocycles. The van der Waals surface area contributed by atoms with Gasteiger partial charge in [0.15, 0.2) is 0 Å². The third-order valence-electron chi connectivity index (χ3n) is 4.73. The van der Waals surface area contributed by atoms with Crippen LogP contribution in [0.1, 0.15) is 27.6 Å². The number of hydrogen-bond donors (Lipinski definition) is 2. The lowest BCUT2D eigenvalue weighted by molar-refractivity contribution is 0.0696. The van der Waals surface area contributed by atoms with Crippen LogP contribution < -0.4 is 9.62 Å². The summed E-state index contributed by atoms with van der Waals surface area (Å²) in [6.07, 6.45) is 0. The van der Waals surface area contributed by atoms with Gasteiger partial charge in [0, 0.05) is 28.6 Å². The fourth-order valence-electron chi connectivity index (χ4n) is 3.46. The molecule has 142 valence electrons. The van der Waals surface area contributed by atoms with Gasteiger partial charge in [-0.05, 0) is 49.4 Å². The first-order chi connectivity index (χ1) is 13.3. The number of carboxylic acid groups (broad SMARTS) is 1. The fraction of sp³-hybridized carbons (Fsp3) is 0.100. The van der Waals surface area contributed by atoms with E-state index >= 15 is 0 Å². The molecule has 1 aliphatic rings. The first-order valence-electron chi connectivity index (χ1n) is 8.57. The van der Waals surface area contributed by atoms with Gasteiger partial charge in [-0.15, -0.1) is 0 Å². The molecule has 3 aromatic rings. The minimum Gasteiger partial charge on any atom is -0.478 e. The molecule has 4 rings (SSSR count). The van der Waals surface area contributed by atoms with E-state index in [4.69, 9.17) is 5.11 Å². The predicted molar refractivity (Wildman–Crippen MR) is 106 cm³/mol. The number of anilines is 2. The lowest BCUT2D eigenvalue weighted by Gasteiger charge is -2.16. The third kappa shape index (κ3) is 2.69. The number of aromatic carboxylic acids is 1. The van der Waals surface area contributed by atoms with Crippen LogP contribution in [0.25, 0.3) is 10.8 Å². The van der Waals surface area contributed by atoms with Crippen molar-refractivity contribution < 1.29 is 23.1 Å². The van der Waals surface area contributed by atoms with Crippen LogP contribution in [0.5, 0.6) is 0 Å². The molecular formula is C20H16N2O5S. The zero-order chi connectivity index (χ0) is 20.1. The highest BCUT2D eigenvalue weighted by molar-refractivity contribution is 7.93. The number of benzene rings is 3. The molecule has 7 nitrogen and oxygen atoms in total. The first-order valence-corrected chi connectivity index (χ1v) is 10.1. The molecule has 3 aromatic carbocycles. The summed E-state index contributed by atoms with van der Waals surface area (Å²) in [5, 5.41) is 10.0. The quantitative estimate of drug-likeness (QED) is 0.689. The number of sulfonamides is 1. The van der Waals surface area contributed by atoms with E-state index in [1.165, 1.54) is 30.3 Å². The Balaban J connectivity index is 1.80. The maximum absolute atomic E-state index is 13.0. The van der Waals surface area contributed by atoms with Crippen LogP contribution in [0, 0.1) is 0 Å². The lowest BCUT2D eigenvalue weighted by Crippen LogP contribution is -2.25. The van der Waals surface area contributed by atoms with Gasteiger partial charge in [-0.25, -0.2) is 13.2 Å². The molecule has 1 heterocycles. The van der Waals surface area contributed by atoms with Crippen LogP contribution >= 0.6 is 0 Å². The SMILES string of the molecule is CCN1C(=O)c2cccc3c(S(=O)(=O)Nc4ccc(C(=O)O)cc4)ccc1c23. The Morgan fingerprint density at radius 1 is 1.07 bits per heavy atom. The molecule has 0 atom stereocenters. The highest BCUT2D eigenvalue weighted by Crippen LogP contribution is 2.40. The molecule has 0 bridgehead atoms. The van der Waals surface area contributed by atoms with E-state index in [9.17, 15) is 18.0 Å². The van der Waals surface area contributed by atoms with Crippen molar-refractivity contribution in [2.24, 2.45) is 0 Å². The summed E-state index contributed by atoms with van der Waals surface area (Å²) < 4.78 is 28.4. The Morgan fingerprint density at radius 2 is 1.79 bits per heavy atom. The molecule has 28 heavy (non-hydrogen) atoms. The molecule has 0 spiro atoms. The van der Waals surface area contributed by atoms with Gasteiger partial charge in [-0.2, -0.15) is 0 Å². The number of hydrogen-bond acceptors (Lipinski definition) is 4. The largest absolute Gasteiger partial charge is 0.478 e. The Morgan fingerprint density at radius 3 is 2.43 bits per heavy atom. The van der Waals surface area contributed by atoms with E-state index in [2.05, 4.69) is 4.72 Å². The second-order valence-electron chi connectivity index (χ2n) is 6.35. The van der Waals surface area contributed by atoms with Gasteiger partial charge in [0.05, 0.1) is 16.1 Å². The number of nitrogens with zero attached hydrogens (tertiary/aromatic N) is 1. The smallest absolute Gasteiger partial charge is 0.335 e. The minimum atomic E-state index is -3.95. The molecule has 0 saturated carbocycles. The number of nitrogens with one attached hydrogen (secondary N) is 1. The summed E-state index contributed by atoms with van der Waals surface area (Å²) in [7, 11) is -3.95. The summed E-state index contributed by atoms with van der Waals surface area (Å²) in [4.78, 5) is 25.2. The Kier molecular flexibility index (Phi) is 4.08. The molecular weight excluding hydrogens is 380 g/mol. The molecule has 1 amide bonds. The van der Waals surface area contributed by atoms with Crippen LogP contribution in [0.2, 0.25) is 0 Å². The van der Waals surface area contributed by atoms with E-state index in [1.807, 2.05) is 6.92 Å². The molecule has 0 unspecified atom stereocenters. The van der Waals surface area contributed by atoms with Gasteiger partial charge in [0.2, 0.25) is 0 Å². The van der Waals surface area contributed by atoms with Crippen LogP contribution in [-0.4, -0.2) is 31.9 Å². The molecule has 0 aromatic heterocycles. The second-order valence-corrected chi connectivity index (χ2v) is 8.00. The highest BCUT2D eigenvalue weighted by Gasteiger charge is 2.31. The normalized spacial score (nSPS) is 13.2. The maximum Gasteiger partial charge on any atom is 0.335 e. The molecule has 0 saturated heterocycles. The summed E-state index contributed by atoms with van der Waals surface area (Å²) >= 11 is 0. The Bertz CT molecular complexity index is 1230. The third-order valence-corrected chi connectivity index (χ3v) is 6.17. The van der Waals surface area contributed by atoms with Crippen molar-refractivity contribution in [1.29, 1.82) is 0 Å². The summed E-state index contributed by atoms with van der Waals surface area (Å²) in [5.74, 6) is -1.23. The van der Waals surface area contributed by atoms with Crippen molar-refractivity contribution in [3.63, 3.8) is 0 Å². The highest BCUT2D eigenvalue weighted by atomic mass is 32.2. The van der Waals surface area contributed by atoms with Gasteiger partial charge in [0.25, 0.3) is 15.9 Å². The molecule has 2 N–H and O–H groups in total. The summed E-state index contributed by atoms with van der Waals surface area (Å²) in [6, 6.07) is 13.6. The molecule has 0 radical (unpaired) electrons. The fourth-order valence-corrected chi connectivity index (χ4v) is 4.72. The van der Waals surface area contributed by atoms with Crippen molar-refractivity contribution in [3.05, 3.63) is 65.7 Å². The van der Waals surface area contributed by atoms with Gasteiger partial charge in [-0.3, -0.25) is 9.52 Å². The van der Waals surface area contributed by atoms with E-state index in [0.29, 0.717) is 28.6 Å². The van der Waals surface area contributed by atoms with Crippen molar-refractivity contribution in [3.8, 4) is 0 Å². The average molecular weight is 396 g/mol. The lowest BCUT2D eigenvalue weighted by atomic mass is 10.1. The van der Waals surface area contributed by atoms with Gasteiger partial charge >= 0.3 is 5.97 Å². The minimum absolute atomic E-state index is 0.0566. The molecule has 8 heteroatoms. The van der Waals surface area contributed by atoms with Crippen molar-refractivity contribution in [1.82, 2.24) is 0 Å². The zero-order valence-electron chi connectivity index (χ0n) is 14.8. The number of carbonyl (C=O) groups is 2. The Labute approximate surface area is 161 Å². The van der Waals surface area contributed by atoms with Crippen molar-refractivity contribution >= 4 is 44.0 Å². The van der Waals surface area contributed by atoms with E-state index in [-0.39, 0.29) is 22.1 Å². The Hall–Kier alpha value is -3.39. The van der Waals surface area contributed by atoms with E-state index in [0.717, 1.165) is 0 Å². The van der Waals surface area contributed by atoms with Crippen LogP contribution in [-0.2, 0) is 10.0 Å². The standard InChI is InChI=1S/C20H16N2O5S/c1-2-22-16-10-11-17(14-4-3-5-15(18(14)16)19(22)23)28(26,27)21-13-8-6-12(7-9-13)20(24)25/h3-11,21H,2H2,1H3,(H,24,25). The van der Waals surface area contributed by atoms with Crippen molar-refractivity contribution in [2.45, 2.75) is 11.8 Å². The topological polar surface area (TPSA) is 104 Å². The summed E-state index contributed by atoms with van der Waals surface area (Å²) in [6.45, 7) is 2.35. The van der Waals surface area contributed by atoms with Crippen LogP contribution in [0.15, 0.2) is 59.5 Å². The first kappa shape index (κ1) is 18.0. The van der Waals surface area contributed by atoms with E-state index in [1.54, 1.807) is 29.2 Å². The van der Waals surface area contributed by atoms with Gasteiger partial charge < -0.3 is 10.0 Å². The van der Waals surface area contributed by atoms with Crippen LogP contribution in [0.3, 0.4) is 0 Å². The van der Waals surface area contributed by atoms with E-state index < -0.39 is 16.0 Å².